The third-order valence-corrected chi connectivity index (χ3v) is 3.77. The molecule has 3 nitrogen and oxygen atoms in total. The van der Waals surface area contributed by atoms with Gasteiger partial charge in [0.2, 0.25) is 0 Å². The van der Waals surface area contributed by atoms with E-state index in [0.717, 1.165) is 5.92 Å². The van der Waals surface area contributed by atoms with E-state index in [-0.39, 0.29) is 12.3 Å². The molecule has 1 fully saturated rings. The van der Waals surface area contributed by atoms with E-state index in [1.165, 1.54) is 32.1 Å². The van der Waals surface area contributed by atoms with Crippen LogP contribution in [-0.2, 0) is 9.47 Å². The largest absolute Gasteiger partial charge is 0.354 e. The van der Waals surface area contributed by atoms with E-state index in [2.05, 4.69) is 6.92 Å². The minimum atomic E-state index is -0.248. The molecular weight excluding hydrogens is 190 g/mol. The number of ether oxygens (including phenoxy) is 2. The van der Waals surface area contributed by atoms with E-state index >= 15 is 0 Å². The van der Waals surface area contributed by atoms with Crippen molar-refractivity contribution in [1.29, 1.82) is 0 Å². The molecule has 0 spiro atoms. The number of methoxy groups -OCH3 is 2. The Morgan fingerprint density at radius 2 is 1.80 bits per heavy atom. The SMILES string of the molecule is CCC1CCCCC1C(N)C(OC)OC. The average molecular weight is 215 g/mol. The first kappa shape index (κ1) is 12.9. The topological polar surface area (TPSA) is 44.5 Å². The minimum Gasteiger partial charge on any atom is -0.354 e. The molecule has 1 aliphatic rings. The second kappa shape index (κ2) is 6.46. The third kappa shape index (κ3) is 3.16. The van der Waals surface area contributed by atoms with Crippen LogP contribution in [0.2, 0.25) is 0 Å². The van der Waals surface area contributed by atoms with E-state index in [4.69, 9.17) is 15.2 Å². The Kier molecular flexibility index (Phi) is 5.58. The predicted molar refractivity (Wildman–Crippen MR) is 61.5 cm³/mol. The summed E-state index contributed by atoms with van der Waals surface area (Å²) in [6, 6.07) is 0.0187. The normalized spacial score (nSPS) is 29.4. The molecule has 15 heavy (non-hydrogen) atoms. The summed E-state index contributed by atoms with van der Waals surface area (Å²) in [4.78, 5) is 0. The van der Waals surface area contributed by atoms with Gasteiger partial charge in [0.25, 0.3) is 0 Å². The summed E-state index contributed by atoms with van der Waals surface area (Å²) in [6.45, 7) is 2.25. The van der Waals surface area contributed by atoms with Crippen molar-refractivity contribution in [3.8, 4) is 0 Å². The van der Waals surface area contributed by atoms with Gasteiger partial charge in [-0.25, -0.2) is 0 Å². The second-order valence-corrected chi connectivity index (χ2v) is 4.53. The highest BCUT2D eigenvalue weighted by atomic mass is 16.7. The molecule has 2 N–H and O–H groups in total. The van der Waals surface area contributed by atoms with Crippen LogP contribution >= 0.6 is 0 Å². The number of rotatable bonds is 5. The van der Waals surface area contributed by atoms with Crippen molar-refractivity contribution in [2.75, 3.05) is 14.2 Å². The zero-order chi connectivity index (χ0) is 11.3. The highest BCUT2D eigenvalue weighted by molar-refractivity contribution is 4.84. The summed E-state index contributed by atoms with van der Waals surface area (Å²) in [5, 5.41) is 0. The van der Waals surface area contributed by atoms with Crippen LogP contribution in [0.1, 0.15) is 39.0 Å². The molecule has 3 unspecified atom stereocenters. The first-order valence-electron chi connectivity index (χ1n) is 6.05. The van der Waals surface area contributed by atoms with Crippen LogP contribution in [-0.4, -0.2) is 26.6 Å². The van der Waals surface area contributed by atoms with E-state index in [9.17, 15) is 0 Å². The summed E-state index contributed by atoms with van der Waals surface area (Å²) in [7, 11) is 3.33. The molecule has 0 aromatic rings. The fourth-order valence-corrected chi connectivity index (χ4v) is 2.86. The van der Waals surface area contributed by atoms with Crippen molar-refractivity contribution in [3.05, 3.63) is 0 Å². The van der Waals surface area contributed by atoms with Gasteiger partial charge in [-0.2, -0.15) is 0 Å². The van der Waals surface area contributed by atoms with Gasteiger partial charge in [0.15, 0.2) is 6.29 Å². The van der Waals surface area contributed by atoms with Crippen LogP contribution in [0.3, 0.4) is 0 Å². The van der Waals surface area contributed by atoms with Crippen LogP contribution in [0.25, 0.3) is 0 Å². The first-order chi connectivity index (χ1) is 7.24. The Balaban J connectivity index is 2.57. The molecule has 0 radical (unpaired) electrons. The van der Waals surface area contributed by atoms with Gasteiger partial charge in [0.1, 0.15) is 0 Å². The Morgan fingerprint density at radius 1 is 1.20 bits per heavy atom. The Hall–Kier alpha value is -0.120. The van der Waals surface area contributed by atoms with Crippen molar-refractivity contribution in [2.24, 2.45) is 17.6 Å². The monoisotopic (exact) mass is 215 g/mol. The highest BCUT2D eigenvalue weighted by Crippen LogP contribution is 2.35. The van der Waals surface area contributed by atoms with Crippen molar-refractivity contribution in [2.45, 2.75) is 51.4 Å². The molecule has 0 saturated heterocycles. The van der Waals surface area contributed by atoms with Gasteiger partial charge < -0.3 is 15.2 Å². The van der Waals surface area contributed by atoms with E-state index in [1.807, 2.05) is 0 Å². The maximum absolute atomic E-state index is 6.23. The molecule has 0 aromatic heterocycles. The summed E-state index contributed by atoms with van der Waals surface area (Å²) < 4.78 is 10.5. The van der Waals surface area contributed by atoms with Gasteiger partial charge in [0.05, 0.1) is 6.04 Å². The fraction of sp³-hybridized carbons (Fsp3) is 1.00. The average Bonchev–Trinajstić information content (AvgIpc) is 2.30. The van der Waals surface area contributed by atoms with Crippen LogP contribution in [0, 0.1) is 11.8 Å². The lowest BCUT2D eigenvalue weighted by molar-refractivity contribution is -0.132. The molecule has 1 aliphatic carbocycles. The van der Waals surface area contributed by atoms with Crippen molar-refractivity contribution in [1.82, 2.24) is 0 Å². The standard InChI is InChI=1S/C12H25NO2/c1-4-9-7-5-6-8-10(9)11(13)12(14-2)15-3/h9-12H,4-8,13H2,1-3H3. The van der Waals surface area contributed by atoms with Gasteiger partial charge in [-0.15, -0.1) is 0 Å². The Bertz CT molecular complexity index is 171. The van der Waals surface area contributed by atoms with Gasteiger partial charge in [-0.1, -0.05) is 32.6 Å². The van der Waals surface area contributed by atoms with Crippen molar-refractivity contribution in [3.63, 3.8) is 0 Å². The summed E-state index contributed by atoms with van der Waals surface area (Å²) >= 11 is 0. The summed E-state index contributed by atoms with van der Waals surface area (Å²) in [6.07, 6.45) is 6.17. The van der Waals surface area contributed by atoms with E-state index < -0.39 is 0 Å². The molecule has 0 heterocycles. The van der Waals surface area contributed by atoms with Crippen LogP contribution in [0.15, 0.2) is 0 Å². The smallest absolute Gasteiger partial charge is 0.172 e. The molecule has 0 bridgehead atoms. The lowest BCUT2D eigenvalue weighted by atomic mass is 9.74. The molecule has 1 saturated carbocycles. The van der Waals surface area contributed by atoms with Crippen molar-refractivity contribution >= 4 is 0 Å². The highest BCUT2D eigenvalue weighted by Gasteiger charge is 2.33. The lowest BCUT2D eigenvalue weighted by Gasteiger charge is -2.37. The van der Waals surface area contributed by atoms with Crippen molar-refractivity contribution < 1.29 is 9.47 Å². The molecule has 0 aliphatic heterocycles. The van der Waals surface area contributed by atoms with Gasteiger partial charge in [-0.3, -0.25) is 0 Å². The summed E-state index contributed by atoms with van der Waals surface area (Å²) in [5.74, 6) is 1.31. The Morgan fingerprint density at radius 3 is 2.33 bits per heavy atom. The van der Waals surface area contributed by atoms with E-state index in [1.54, 1.807) is 14.2 Å². The molecule has 3 heteroatoms. The summed E-state index contributed by atoms with van der Waals surface area (Å²) in [5.41, 5.74) is 6.23. The number of hydrogen-bond donors (Lipinski definition) is 1. The third-order valence-electron chi connectivity index (χ3n) is 3.77. The molecule has 1 rings (SSSR count). The number of nitrogens with two attached hydrogens (primary N) is 1. The molecule has 0 amide bonds. The van der Waals surface area contributed by atoms with Gasteiger partial charge in [-0.05, 0) is 18.3 Å². The van der Waals surface area contributed by atoms with Crippen LogP contribution < -0.4 is 5.73 Å². The van der Waals surface area contributed by atoms with E-state index in [0.29, 0.717) is 5.92 Å². The Labute approximate surface area is 93.3 Å². The molecule has 0 aromatic carbocycles. The number of hydrogen-bond acceptors (Lipinski definition) is 3. The van der Waals surface area contributed by atoms with Gasteiger partial charge in [0, 0.05) is 14.2 Å². The second-order valence-electron chi connectivity index (χ2n) is 4.53. The zero-order valence-electron chi connectivity index (χ0n) is 10.2. The molecule has 90 valence electrons. The minimum absolute atomic E-state index is 0.0187. The predicted octanol–water partition coefficient (Wildman–Crippen LogP) is 2.15. The lowest BCUT2D eigenvalue weighted by Crippen LogP contribution is -2.47. The maximum atomic E-state index is 6.23. The molecular formula is C12H25NO2. The zero-order valence-corrected chi connectivity index (χ0v) is 10.2. The first-order valence-corrected chi connectivity index (χ1v) is 6.05. The molecule has 3 atom stereocenters. The van der Waals surface area contributed by atoms with Crippen LogP contribution in [0.4, 0.5) is 0 Å². The maximum Gasteiger partial charge on any atom is 0.172 e. The van der Waals surface area contributed by atoms with Crippen LogP contribution in [0.5, 0.6) is 0 Å². The quantitative estimate of drug-likeness (QED) is 0.715. The fourth-order valence-electron chi connectivity index (χ4n) is 2.86. The van der Waals surface area contributed by atoms with Gasteiger partial charge >= 0.3 is 0 Å².